The average molecular weight is 376 g/mol. The lowest BCUT2D eigenvalue weighted by atomic mass is 9.97. The molecule has 0 fully saturated rings. The maximum atomic E-state index is 12.9. The second-order valence-corrected chi connectivity index (χ2v) is 7.39. The number of carbonyl (C=O) groups excluding carboxylic acids is 1. The van der Waals surface area contributed by atoms with E-state index in [1.54, 1.807) is 11.8 Å². The van der Waals surface area contributed by atoms with Gasteiger partial charge in [0.25, 0.3) is 0 Å². The Morgan fingerprint density at radius 3 is 2.19 bits per heavy atom. The molecule has 0 aliphatic carbocycles. The number of nitrogens with one attached hydrogen (secondary N) is 1. The molecule has 1 N–H and O–H groups in total. The van der Waals surface area contributed by atoms with Gasteiger partial charge in [0.15, 0.2) is 5.78 Å². The number of rotatable bonds is 8. The van der Waals surface area contributed by atoms with Crippen LogP contribution in [0.15, 0.2) is 83.8 Å². The predicted octanol–water partition coefficient (Wildman–Crippen LogP) is 6.40. The van der Waals surface area contributed by atoms with E-state index in [-0.39, 0.29) is 11.8 Å². The summed E-state index contributed by atoms with van der Waals surface area (Å²) in [6, 6.07) is 26.4. The summed E-state index contributed by atoms with van der Waals surface area (Å²) in [6.45, 7) is 2.12. The Morgan fingerprint density at radius 1 is 0.926 bits per heavy atom. The van der Waals surface area contributed by atoms with Crippen molar-refractivity contribution in [3.05, 3.63) is 95.6 Å². The van der Waals surface area contributed by atoms with Gasteiger partial charge in [0, 0.05) is 22.6 Å². The molecule has 1 atom stereocenters. The molecule has 138 valence electrons. The van der Waals surface area contributed by atoms with Crippen LogP contribution < -0.4 is 5.32 Å². The van der Waals surface area contributed by atoms with Crippen molar-refractivity contribution >= 4 is 23.2 Å². The van der Waals surface area contributed by atoms with Crippen molar-refractivity contribution in [2.24, 2.45) is 0 Å². The summed E-state index contributed by atoms with van der Waals surface area (Å²) in [5, 5.41) is 3.53. The van der Waals surface area contributed by atoms with Crippen molar-refractivity contribution in [1.82, 2.24) is 0 Å². The molecule has 0 radical (unpaired) electrons. The predicted molar refractivity (Wildman–Crippen MR) is 116 cm³/mol. The highest BCUT2D eigenvalue weighted by atomic mass is 32.2. The van der Waals surface area contributed by atoms with Gasteiger partial charge in [0.1, 0.15) is 0 Å². The Hall–Kier alpha value is -2.52. The van der Waals surface area contributed by atoms with Gasteiger partial charge in [-0.2, -0.15) is 0 Å². The molecule has 0 bridgehead atoms. The number of Topliss-reactive ketones (excluding diaryl/α,β-unsaturated/α-hetero) is 1. The lowest BCUT2D eigenvalue weighted by Crippen LogP contribution is -2.16. The van der Waals surface area contributed by atoms with Gasteiger partial charge in [0.2, 0.25) is 0 Å². The molecule has 3 heteroatoms. The largest absolute Gasteiger partial charge is 0.378 e. The maximum absolute atomic E-state index is 12.9. The minimum atomic E-state index is -0.0679. The highest BCUT2D eigenvalue weighted by Crippen LogP contribution is 2.26. The third kappa shape index (κ3) is 5.24. The number of carbonyl (C=O) groups is 1. The fourth-order valence-electron chi connectivity index (χ4n) is 3.05. The molecule has 0 saturated heterocycles. The molecular weight excluding hydrogens is 350 g/mol. The Morgan fingerprint density at radius 2 is 1.59 bits per heavy atom. The highest BCUT2D eigenvalue weighted by Gasteiger charge is 2.17. The maximum Gasteiger partial charge on any atom is 0.165 e. The molecule has 3 aromatic carbocycles. The Labute approximate surface area is 166 Å². The number of aryl methyl sites for hydroxylation is 1. The van der Waals surface area contributed by atoms with Crippen LogP contribution in [0.1, 0.15) is 40.9 Å². The molecule has 0 aliphatic heterocycles. The van der Waals surface area contributed by atoms with Crippen LogP contribution in [0.25, 0.3) is 0 Å². The van der Waals surface area contributed by atoms with E-state index in [2.05, 4.69) is 42.8 Å². The second kappa shape index (κ2) is 9.43. The van der Waals surface area contributed by atoms with Crippen molar-refractivity contribution in [3.8, 4) is 0 Å². The SMILES string of the molecule is CCc1ccc(C(=O)C[C@@H](Nc2ccccc2)c2ccc(SC)cc2)cc1. The molecule has 0 saturated carbocycles. The first kappa shape index (κ1) is 19.2. The van der Waals surface area contributed by atoms with Gasteiger partial charge in [0.05, 0.1) is 6.04 Å². The second-order valence-electron chi connectivity index (χ2n) is 6.51. The molecule has 2 nitrogen and oxygen atoms in total. The Bertz CT molecular complexity index is 857. The molecule has 27 heavy (non-hydrogen) atoms. The van der Waals surface area contributed by atoms with Crippen LogP contribution in [-0.4, -0.2) is 12.0 Å². The van der Waals surface area contributed by atoms with Crippen LogP contribution >= 0.6 is 11.8 Å². The number of benzene rings is 3. The molecule has 0 unspecified atom stereocenters. The molecule has 0 amide bonds. The highest BCUT2D eigenvalue weighted by molar-refractivity contribution is 7.98. The van der Waals surface area contributed by atoms with Crippen LogP contribution in [0.3, 0.4) is 0 Å². The van der Waals surface area contributed by atoms with Gasteiger partial charge in [-0.05, 0) is 48.1 Å². The molecule has 0 spiro atoms. The topological polar surface area (TPSA) is 29.1 Å². The average Bonchev–Trinajstić information content (AvgIpc) is 2.74. The number of ketones is 1. The number of thioether (sulfide) groups is 1. The van der Waals surface area contributed by atoms with Crippen molar-refractivity contribution in [2.45, 2.75) is 30.7 Å². The van der Waals surface area contributed by atoms with Crippen molar-refractivity contribution in [3.63, 3.8) is 0 Å². The van der Waals surface area contributed by atoms with Crippen LogP contribution in [0.2, 0.25) is 0 Å². The van der Waals surface area contributed by atoms with Crippen molar-refractivity contribution < 1.29 is 4.79 Å². The van der Waals surface area contributed by atoms with Crippen LogP contribution in [0, 0.1) is 0 Å². The Kier molecular flexibility index (Phi) is 6.72. The minimum absolute atomic E-state index is 0.0679. The number of para-hydroxylation sites is 1. The van der Waals surface area contributed by atoms with Gasteiger partial charge in [-0.1, -0.05) is 61.5 Å². The van der Waals surface area contributed by atoms with E-state index >= 15 is 0 Å². The lowest BCUT2D eigenvalue weighted by molar-refractivity contribution is 0.0976. The third-order valence-electron chi connectivity index (χ3n) is 4.71. The summed E-state index contributed by atoms with van der Waals surface area (Å²) >= 11 is 1.72. The van der Waals surface area contributed by atoms with Crippen molar-refractivity contribution in [2.75, 3.05) is 11.6 Å². The van der Waals surface area contributed by atoms with Gasteiger partial charge < -0.3 is 5.32 Å². The molecular formula is C24H25NOS. The number of hydrogen-bond acceptors (Lipinski definition) is 3. The van der Waals surface area contributed by atoms with Gasteiger partial charge >= 0.3 is 0 Å². The summed E-state index contributed by atoms with van der Waals surface area (Å²) in [5.74, 6) is 0.153. The van der Waals surface area contributed by atoms with E-state index in [0.29, 0.717) is 6.42 Å². The quantitative estimate of drug-likeness (QED) is 0.365. The number of anilines is 1. The number of hydrogen-bond donors (Lipinski definition) is 1. The monoisotopic (exact) mass is 375 g/mol. The summed E-state index contributed by atoms with van der Waals surface area (Å²) in [5.41, 5.74) is 4.16. The molecule has 0 aliphatic rings. The van der Waals surface area contributed by atoms with Crippen LogP contribution in [0.4, 0.5) is 5.69 Å². The van der Waals surface area contributed by atoms with E-state index in [1.807, 2.05) is 54.6 Å². The molecule has 0 aromatic heterocycles. The van der Waals surface area contributed by atoms with Gasteiger partial charge in [-0.25, -0.2) is 0 Å². The zero-order valence-electron chi connectivity index (χ0n) is 15.8. The summed E-state index contributed by atoms with van der Waals surface area (Å²) < 4.78 is 0. The molecule has 0 heterocycles. The first-order chi connectivity index (χ1) is 13.2. The molecule has 3 aromatic rings. The lowest BCUT2D eigenvalue weighted by Gasteiger charge is -2.20. The van der Waals surface area contributed by atoms with E-state index < -0.39 is 0 Å². The van der Waals surface area contributed by atoms with E-state index in [4.69, 9.17) is 0 Å². The van der Waals surface area contributed by atoms with E-state index in [0.717, 1.165) is 23.2 Å². The summed E-state index contributed by atoms with van der Waals surface area (Å²) in [7, 11) is 0. The van der Waals surface area contributed by atoms with Crippen molar-refractivity contribution in [1.29, 1.82) is 0 Å². The summed E-state index contributed by atoms with van der Waals surface area (Å²) in [6.07, 6.45) is 3.46. The van der Waals surface area contributed by atoms with Gasteiger partial charge in [-0.3, -0.25) is 4.79 Å². The third-order valence-corrected chi connectivity index (χ3v) is 5.45. The fraction of sp³-hybridized carbons (Fsp3) is 0.208. The molecule has 3 rings (SSSR count). The summed E-state index contributed by atoms with van der Waals surface area (Å²) in [4.78, 5) is 14.1. The van der Waals surface area contributed by atoms with Crippen LogP contribution in [0.5, 0.6) is 0 Å². The first-order valence-electron chi connectivity index (χ1n) is 9.27. The normalized spacial score (nSPS) is 11.8. The van der Waals surface area contributed by atoms with E-state index in [9.17, 15) is 4.79 Å². The Balaban J connectivity index is 1.82. The van der Waals surface area contributed by atoms with E-state index in [1.165, 1.54) is 10.5 Å². The smallest absolute Gasteiger partial charge is 0.165 e. The fourth-order valence-corrected chi connectivity index (χ4v) is 3.46. The zero-order chi connectivity index (χ0) is 19.1. The first-order valence-corrected chi connectivity index (χ1v) is 10.5. The standard InChI is InChI=1S/C24H25NOS/c1-3-18-9-11-20(12-10-18)24(26)17-23(25-21-7-5-4-6-8-21)19-13-15-22(27-2)16-14-19/h4-16,23,25H,3,17H2,1-2H3/t23-/m1/s1. The van der Waals surface area contributed by atoms with Gasteiger partial charge in [-0.15, -0.1) is 11.8 Å². The minimum Gasteiger partial charge on any atom is -0.378 e. The zero-order valence-corrected chi connectivity index (χ0v) is 16.6. The van der Waals surface area contributed by atoms with Crippen LogP contribution in [-0.2, 0) is 6.42 Å².